The molecule has 0 saturated carbocycles. The number of carbonyl (C=O) groups is 1. The number of ether oxygens (including phenoxy) is 1. The van der Waals surface area contributed by atoms with Gasteiger partial charge in [0.05, 0.1) is 22.3 Å². The Hall–Kier alpha value is -1.80. The summed E-state index contributed by atoms with van der Waals surface area (Å²) < 4.78 is 32.6. The molecule has 6 nitrogen and oxygen atoms in total. The first-order chi connectivity index (χ1) is 12.3. The first kappa shape index (κ1) is 20.5. The minimum atomic E-state index is -3.82. The number of nitrogens with one attached hydrogen (secondary N) is 2. The van der Waals surface area contributed by atoms with Crippen LogP contribution >= 0.6 is 23.2 Å². The van der Waals surface area contributed by atoms with Gasteiger partial charge < -0.3 is 10.1 Å². The van der Waals surface area contributed by atoms with E-state index in [2.05, 4.69) is 10.0 Å². The third-order valence-electron chi connectivity index (χ3n) is 3.33. The van der Waals surface area contributed by atoms with E-state index < -0.39 is 15.9 Å². The van der Waals surface area contributed by atoms with Crippen molar-refractivity contribution in [1.29, 1.82) is 0 Å². The zero-order valence-corrected chi connectivity index (χ0v) is 16.5. The molecular formula is C17H18Cl2N2O4S. The van der Waals surface area contributed by atoms with Gasteiger partial charge in [-0.2, -0.15) is 0 Å². The lowest BCUT2D eigenvalue weighted by atomic mass is 10.2. The van der Waals surface area contributed by atoms with Crippen molar-refractivity contribution in [2.75, 3.05) is 18.5 Å². The van der Waals surface area contributed by atoms with E-state index in [4.69, 9.17) is 27.9 Å². The standard InChI is InChI=1S/C17H18Cl2N2O4S/c1-3-20-26(23,24)15-10-11(8-9-14(15)25-4-2)17(22)21-16-12(18)6-5-7-13(16)19/h5-10,20H,3-4H2,1-2H3,(H,21,22). The molecule has 0 saturated heterocycles. The Morgan fingerprint density at radius 2 is 1.77 bits per heavy atom. The van der Waals surface area contributed by atoms with Crippen molar-refractivity contribution in [1.82, 2.24) is 4.72 Å². The summed E-state index contributed by atoms with van der Waals surface area (Å²) >= 11 is 12.1. The van der Waals surface area contributed by atoms with Crippen LogP contribution in [0.15, 0.2) is 41.3 Å². The summed E-state index contributed by atoms with van der Waals surface area (Å²) in [6, 6.07) is 8.98. The molecular weight excluding hydrogens is 399 g/mol. The molecule has 0 bridgehead atoms. The first-order valence-corrected chi connectivity index (χ1v) is 10.1. The highest BCUT2D eigenvalue weighted by molar-refractivity contribution is 7.89. The molecule has 2 aromatic carbocycles. The predicted octanol–water partition coefficient (Wildman–Crippen LogP) is 3.94. The second kappa shape index (κ2) is 8.73. The molecule has 0 heterocycles. The smallest absolute Gasteiger partial charge is 0.255 e. The molecule has 0 spiro atoms. The molecule has 0 atom stereocenters. The van der Waals surface area contributed by atoms with Gasteiger partial charge in [0, 0.05) is 12.1 Å². The number of carbonyl (C=O) groups excluding carboxylic acids is 1. The summed E-state index contributed by atoms with van der Waals surface area (Å²) in [5, 5.41) is 3.15. The van der Waals surface area contributed by atoms with Crippen LogP contribution in [0, 0.1) is 0 Å². The molecule has 9 heteroatoms. The van der Waals surface area contributed by atoms with Gasteiger partial charge in [-0.05, 0) is 37.3 Å². The molecule has 140 valence electrons. The van der Waals surface area contributed by atoms with Crippen molar-refractivity contribution in [3.05, 3.63) is 52.0 Å². The summed E-state index contributed by atoms with van der Waals surface area (Å²) in [6.45, 7) is 3.90. The Labute approximate surface area is 162 Å². The number of rotatable bonds is 7. The third kappa shape index (κ3) is 4.67. The lowest BCUT2D eigenvalue weighted by molar-refractivity contribution is 0.102. The Morgan fingerprint density at radius 1 is 1.12 bits per heavy atom. The number of hydrogen-bond acceptors (Lipinski definition) is 4. The van der Waals surface area contributed by atoms with E-state index in [0.29, 0.717) is 0 Å². The van der Waals surface area contributed by atoms with Crippen LogP contribution in [0.2, 0.25) is 10.0 Å². The molecule has 0 aliphatic rings. The van der Waals surface area contributed by atoms with E-state index in [9.17, 15) is 13.2 Å². The van der Waals surface area contributed by atoms with Gasteiger partial charge in [0.1, 0.15) is 10.6 Å². The van der Waals surface area contributed by atoms with Crippen LogP contribution in [0.4, 0.5) is 5.69 Å². The number of amides is 1. The van der Waals surface area contributed by atoms with Crippen LogP contribution in [0.5, 0.6) is 5.75 Å². The van der Waals surface area contributed by atoms with Crippen molar-refractivity contribution >= 4 is 44.8 Å². The zero-order valence-electron chi connectivity index (χ0n) is 14.2. The molecule has 1 amide bonds. The molecule has 0 radical (unpaired) electrons. The van der Waals surface area contributed by atoms with E-state index in [1.807, 2.05) is 0 Å². The highest BCUT2D eigenvalue weighted by Gasteiger charge is 2.22. The van der Waals surface area contributed by atoms with Crippen molar-refractivity contribution in [2.45, 2.75) is 18.7 Å². The van der Waals surface area contributed by atoms with Gasteiger partial charge in [-0.1, -0.05) is 36.2 Å². The molecule has 2 rings (SSSR count). The average molecular weight is 417 g/mol. The average Bonchev–Trinajstić information content (AvgIpc) is 2.58. The summed E-state index contributed by atoms with van der Waals surface area (Å²) in [6.07, 6.45) is 0. The Balaban J connectivity index is 2.42. The fourth-order valence-electron chi connectivity index (χ4n) is 2.20. The molecule has 0 aliphatic carbocycles. The van der Waals surface area contributed by atoms with Gasteiger partial charge in [-0.25, -0.2) is 13.1 Å². The monoisotopic (exact) mass is 416 g/mol. The molecule has 2 N–H and O–H groups in total. The molecule has 0 unspecified atom stereocenters. The largest absolute Gasteiger partial charge is 0.492 e. The lowest BCUT2D eigenvalue weighted by Gasteiger charge is -2.14. The Bertz CT molecular complexity index is 897. The SMILES string of the molecule is CCNS(=O)(=O)c1cc(C(=O)Nc2c(Cl)cccc2Cl)ccc1OCC. The number of para-hydroxylation sites is 1. The zero-order chi connectivity index (χ0) is 19.3. The van der Waals surface area contributed by atoms with E-state index in [1.54, 1.807) is 32.0 Å². The minimum Gasteiger partial charge on any atom is -0.492 e. The van der Waals surface area contributed by atoms with E-state index in [-0.39, 0.29) is 45.1 Å². The second-order valence-electron chi connectivity index (χ2n) is 5.15. The third-order valence-corrected chi connectivity index (χ3v) is 5.53. The summed E-state index contributed by atoms with van der Waals surface area (Å²) in [7, 11) is -3.82. The van der Waals surface area contributed by atoms with Crippen LogP contribution < -0.4 is 14.8 Å². The van der Waals surface area contributed by atoms with Gasteiger partial charge in [0.15, 0.2) is 0 Å². The van der Waals surface area contributed by atoms with Crippen molar-refractivity contribution in [3.63, 3.8) is 0 Å². The van der Waals surface area contributed by atoms with Gasteiger partial charge in [-0.3, -0.25) is 4.79 Å². The maximum Gasteiger partial charge on any atom is 0.255 e. The van der Waals surface area contributed by atoms with Crippen LogP contribution in [-0.4, -0.2) is 27.5 Å². The quantitative estimate of drug-likeness (QED) is 0.715. The van der Waals surface area contributed by atoms with Gasteiger partial charge >= 0.3 is 0 Å². The van der Waals surface area contributed by atoms with E-state index >= 15 is 0 Å². The number of benzene rings is 2. The topological polar surface area (TPSA) is 84.5 Å². The summed E-state index contributed by atoms with van der Waals surface area (Å²) in [4.78, 5) is 12.4. The second-order valence-corrected chi connectivity index (χ2v) is 7.70. The van der Waals surface area contributed by atoms with Crippen molar-refractivity contribution in [2.24, 2.45) is 0 Å². The van der Waals surface area contributed by atoms with Crippen LogP contribution in [-0.2, 0) is 10.0 Å². The molecule has 0 aromatic heterocycles. The maximum absolute atomic E-state index is 12.5. The van der Waals surface area contributed by atoms with Crippen LogP contribution in [0.1, 0.15) is 24.2 Å². The Morgan fingerprint density at radius 3 is 2.35 bits per heavy atom. The predicted molar refractivity (Wildman–Crippen MR) is 103 cm³/mol. The molecule has 0 fully saturated rings. The number of halogens is 2. The Kier molecular flexibility index (Phi) is 6.88. The van der Waals surface area contributed by atoms with E-state index in [0.717, 1.165) is 0 Å². The lowest BCUT2D eigenvalue weighted by Crippen LogP contribution is -2.24. The number of anilines is 1. The van der Waals surface area contributed by atoms with E-state index in [1.165, 1.54) is 18.2 Å². The van der Waals surface area contributed by atoms with Gasteiger partial charge in [0.2, 0.25) is 10.0 Å². The van der Waals surface area contributed by atoms with Crippen LogP contribution in [0.25, 0.3) is 0 Å². The minimum absolute atomic E-state index is 0.112. The van der Waals surface area contributed by atoms with Gasteiger partial charge in [-0.15, -0.1) is 0 Å². The normalized spacial score (nSPS) is 11.2. The van der Waals surface area contributed by atoms with Crippen molar-refractivity contribution < 1.29 is 17.9 Å². The number of sulfonamides is 1. The highest BCUT2D eigenvalue weighted by atomic mass is 35.5. The highest BCUT2D eigenvalue weighted by Crippen LogP contribution is 2.31. The maximum atomic E-state index is 12.5. The molecule has 0 aliphatic heterocycles. The van der Waals surface area contributed by atoms with Crippen LogP contribution in [0.3, 0.4) is 0 Å². The summed E-state index contributed by atoms with van der Waals surface area (Å²) in [5.74, 6) is -0.378. The molecule has 2 aromatic rings. The number of hydrogen-bond donors (Lipinski definition) is 2. The fourth-order valence-corrected chi connectivity index (χ4v) is 3.91. The van der Waals surface area contributed by atoms with Gasteiger partial charge in [0.25, 0.3) is 5.91 Å². The first-order valence-electron chi connectivity index (χ1n) is 7.82. The summed E-state index contributed by atoms with van der Waals surface area (Å²) in [5.41, 5.74) is 0.381. The molecule has 26 heavy (non-hydrogen) atoms. The fraction of sp³-hybridized carbons (Fsp3) is 0.235. The van der Waals surface area contributed by atoms with Crippen molar-refractivity contribution in [3.8, 4) is 5.75 Å².